The molecule has 24 heavy (non-hydrogen) atoms. The molecule has 1 unspecified atom stereocenters. The standard InChI is InChI=1S/C19H16O5/c1-12(20)11-15(13-7-3-2-4-8-13)17-18(21)14-9-5-6-10-16(14)23-19(17)24-22/h2-10,15,22H,11H2,1H3. The molecule has 1 N–H and O–H groups in total. The van der Waals surface area contributed by atoms with Gasteiger partial charge in [0.25, 0.3) is 0 Å². The Hall–Kier alpha value is -2.92. The van der Waals surface area contributed by atoms with Gasteiger partial charge in [-0.3, -0.25) is 14.5 Å². The molecule has 1 aromatic heterocycles. The van der Waals surface area contributed by atoms with E-state index in [0.717, 1.165) is 5.56 Å². The van der Waals surface area contributed by atoms with Gasteiger partial charge >= 0.3 is 5.95 Å². The van der Waals surface area contributed by atoms with E-state index in [1.165, 1.54) is 6.92 Å². The lowest BCUT2D eigenvalue weighted by Gasteiger charge is -2.17. The van der Waals surface area contributed by atoms with Crippen LogP contribution in [-0.4, -0.2) is 11.0 Å². The van der Waals surface area contributed by atoms with Crippen molar-refractivity contribution >= 4 is 16.8 Å². The van der Waals surface area contributed by atoms with E-state index in [9.17, 15) is 14.8 Å². The maximum absolute atomic E-state index is 12.9. The highest BCUT2D eigenvalue weighted by Gasteiger charge is 2.27. The van der Waals surface area contributed by atoms with Crippen molar-refractivity contribution in [2.24, 2.45) is 0 Å². The number of carbonyl (C=O) groups is 1. The van der Waals surface area contributed by atoms with E-state index in [0.29, 0.717) is 11.0 Å². The van der Waals surface area contributed by atoms with Crippen molar-refractivity contribution in [2.45, 2.75) is 19.3 Å². The molecule has 2 aromatic carbocycles. The monoisotopic (exact) mass is 324 g/mol. The molecule has 0 amide bonds. The van der Waals surface area contributed by atoms with Crippen LogP contribution >= 0.6 is 0 Å². The Kier molecular flexibility index (Phi) is 4.44. The molecule has 0 saturated heterocycles. The summed E-state index contributed by atoms with van der Waals surface area (Å²) in [6.07, 6.45) is 0.101. The van der Waals surface area contributed by atoms with Gasteiger partial charge in [-0.05, 0) is 24.6 Å². The number of hydrogen-bond acceptors (Lipinski definition) is 5. The van der Waals surface area contributed by atoms with E-state index in [-0.39, 0.29) is 29.1 Å². The van der Waals surface area contributed by atoms with Crippen LogP contribution in [0.1, 0.15) is 30.4 Å². The average Bonchev–Trinajstić information content (AvgIpc) is 2.60. The number of para-hydroxylation sites is 1. The van der Waals surface area contributed by atoms with Crippen molar-refractivity contribution in [3.8, 4) is 5.95 Å². The van der Waals surface area contributed by atoms with Gasteiger partial charge in [0.2, 0.25) is 5.43 Å². The predicted octanol–water partition coefficient (Wildman–Crippen LogP) is 3.76. The Morgan fingerprint density at radius 3 is 2.46 bits per heavy atom. The Balaban J connectivity index is 2.29. The quantitative estimate of drug-likeness (QED) is 0.571. The first kappa shape index (κ1) is 16.0. The molecule has 5 nitrogen and oxygen atoms in total. The maximum Gasteiger partial charge on any atom is 0.330 e. The molecule has 0 bridgehead atoms. The number of ketones is 1. The van der Waals surface area contributed by atoms with Gasteiger partial charge in [-0.15, -0.1) is 0 Å². The number of fused-ring (bicyclic) bond motifs is 1. The van der Waals surface area contributed by atoms with E-state index < -0.39 is 5.92 Å². The van der Waals surface area contributed by atoms with Crippen LogP contribution in [0.3, 0.4) is 0 Å². The number of Topliss-reactive ketones (excluding diaryl/α,β-unsaturated/α-hetero) is 1. The molecule has 3 rings (SSSR count). The van der Waals surface area contributed by atoms with Crippen molar-refractivity contribution < 1.29 is 19.4 Å². The summed E-state index contributed by atoms with van der Waals surface area (Å²) >= 11 is 0. The normalized spacial score (nSPS) is 12.1. The van der Waals surface area contributed by atoms with Crippen LogP contribution in [0.15, 0.2) is 63.8 Å². The molecule has 0 aliphatic heterocycles. The third-order valence-electron chi connectivity index (χ3n) is 3.92. The summed E-state index contributed by atoms with van der Waals surface area (Å²) in [7, 11) is 0. The Bertz CT molecular complexity index is 927. The molecular formula is C19H16O5. The summed E-state index contributed by atoms with van der Waals surface area (Å²) in [6.45, 7) is 1.46. The molecule has 0 fully saturated rings. The molecular weight excluding hydrogens is 308 g/mol. The Morgan fingerprint density at radius 1 is 1.12 bits per heavy atom. The molecule has 0 radical (unpaired) electrons. The molecule has 5 heteroatoms. The minimum absolute atomic E-state index is 0.0831. The van der Waals surface area contributed by atoms with Crippen LogP contribution in [0.25, 0.3) is 11.0 Å². The number of hydrogen-bond donors (Lipinski definition) is 1. The van der Waals surface area contributed by atoms with E-state index in [2.05, 4.69) is 4.89 Å². The summed E-state index contributed by atoms with van der Waals surface area (Å²) in [6, 6.07) is 15.8. The number of rotatable bonds is 5. The second-order valence-corrected chi connectivity index (χ2v) is 5.59. The largest absolute Gasteiger partial charge is 0.423 e. The highest BCUT2D eigenvalue weighted by Crippen LogP contribution is 2.34. The zero-order chi connectivity index (χ0) is 17.1. The average molecular weight is 324 g/mol. The van der Waals surface area contributed by atoms with Crippen molar-refractivity contribution in [1.29, 1.82) is 0 Å². The van der Waals surface area contributed by atoms with Crippen LogP contribution in [0.4, 0.5) is 0 Å². The van der Waals surface area contributed by atoms with E-state index in [1.807, 2.05) is 30.3 Å². The van der Waals surface area contributed by atoms with Crippen LogP contribution in [-0.2, 0) is 4.79 Å². The van der Waals surface area contributed by atoms with Crippen molar-refractivity contribution in [2.75, 3.05) is 0 Å². The van der Waals surface area contributed by atoms with E-state index in [4.69, 9.17) is 4.42 Å². The smallest absolute Gasteiger partial charge is 0.330 e. The van der Waals surface area contributed by atoms with Crippen LogP contribution < -0.4 is 10.3 Å². The maximum atomic E-state index is 12.9. The van der Waals surface area contributed by atoms with Crippen LogP contribution in [0.2, 0.25) is 0 Å². The minimum Gasteiger partial charge on any atom is -0.423 e. The number of carbonyl (C=O) groups excluding carboxylic acids is 1. The van der Waals surface area contributed by atoms with E-state index >= 15 is 0 Å². The zero-order valence-electron chi connectivity index (χ0n) is 13.1. The first-order valence-corrected chi connectivity index (χ1v) is 7.53. The van der Waals surface area contributed by atoms with Gasteiger partial charge in [-0.2, -0.15) is 5.26 Å². The number of benzene rings is 2. The second kappa shape index (κ2) is 6.68. The molecule has 1 atom stereocenters. The molecule has 0 aliphatic carbocycles. The lowest BCUT2D eigenvalue weighted by molar-refractivity contribution is -0.155. The fourth-order valence-electron chi connectivity index (χ4n) is 2.86. The lowest BCUT2D eigenvalue weighted by atomic mass is 9.87. The Labute approximate surface area is 138 Å². The van der Waals surface area contributed by atoms with Gasteiger partial charge in [-0.1, -0.05) is 42.5 Å². The first-order valence-electron chi connectivity index (χ1n) is 7.53. The zero-order valence-corrected chi connectivity index (χ0v) is 13.1. The molecule has 3 aromatic rings. The third kappa shape index (κ3) is 2.94. The summed E-state index contributed by atoms with van der Waals surface area (Å²) < 4.78 is 5.52. The Morgan fingerprint density at radius 2 is 1.79 bits per heavy atom. The molecule has 0 spiro atoms. The second-order valence-electron chi connectivity index (χ2n) is 5.59. The summed E-state index contributed by atoms with van der Waals surface area (Å²) in [5, 5.41) is 9.59. The van der Waals surface area contributed by atoms with Crippen molar-refractivity contribution in [3.63, 3.8) is 0 Å². The fraction of sp³-hybridized carbons (Fsp3) is 0.158. The summed E-state index contributed by atoms with van der Waals surface area (Å²) in [4.78, 5) is 29.0. The highest BCUT2D eigenvalue weighted by atomic mass is 17.1. The third-order valence-corrected chi connectivity index (χ3v) is 3.92. The molecule has 1 heterocycles. The molecule has 0 aliphatic rings. The van der Waals surface area contributed by atoms with Crippen molar-refractivity contribution in [3.05, 3.63) is 75.9 Å². The van der Waals surface area contributed by atoms with Crippen LogP contribution in [0, 0.1) is 0 Å². The molecule has 122 valence electrons. The van der Waals surface area contributed by atoms with Crippen LogP contribution in [0.5, 0.6) is 5.95 Å². The summed E-state index contributed by atoms with van der Waals surface area (Å²) in [5.74, 6) is -0.930. The first-order chi connectivity index (χ1) is 11.6. The minimum atomic E-state index is -0.563. The topological polar surface area (TPSA) is 76.7 Å². The van der Waals surface area contributed by atoms with Gasteiger partial charge in [0.05, 0.1) is 10.9 Å². The lowest BCUT2D eigenvalue weighted by Crippen LogP contribution is -2.18. The summed E-state index contributed by atoms with van der Waals surface area (Å²) in [5.41, 5.74) is 0.895. The van der Waals surface area contributed by atoms with E-state index in [1.54, 1.807) is 24.3 Å². The van der Waals surface area contributed by atoms with Gasteiger partial charge in [0.15, 0.2) is 0 Å². The van der Waals surface area contributed by atoms with Gasteiger partial charge < -0.3 is 4.42 Å². The van der Waals surface area contributed by atoms with Gasteiger partial charge in [0, 0.05) is 12.3 Å². The SMILES string of the molecule is CC(=O)CC(c1ccccc1)c1c(OO)oc2ccccc2c1=O. The van der Waals surface area contributed by atoms with Crippen molar-refractivity contribution in [1.82, 2.24) is 0 Å². The fourth-order valence-corrected chi connectivity index (χ4v) is 2.86. The highest BCUT2D eigenvalue weighted by molar-refractivity contribution is 5.80. The molecule has 0 saturated carbocycles. The van der Waals surface area contributed by atoms with Gasteiger partial charge in [-0.25, -0.2) is 0 Å². The van der Waals surface area contributed by atoms with Gasteiger partial charge in [0.1, 0.15) is 11.4 Å². The predicted molar refractivity (Wildman–Crippen MR) is 89.3 cm³/mol.